The average Bonchev–Trinajstić information content (AvgIpc) is 1.99. The smallest absolute Gasteiger partial charge is 0.158 e. The van der Waals surface area contributed by atoms with E-state index in [4.69, 9.17) is 0 Å². The minimum Gasteiger partial charge on any atom is -0.303 e. The SMILES string of the molecule is C=C(C)C(=O)CCC(C)C=O. The van der Waals surface area contributed by atoms with Crippen LogP contribution in [0.3, 0.4) is 0 Å². The molecule has 0 aliphatic carbocycles. The molecule has 1 atom stereocenters. The summed E-state index contributed by atoms with van der Waals surface area (Å²) in [6, 6.07) is 0. The van der Waals surface area contributed by atoms with Gasteiger partial charge in [0.2, 0.25) is 0 Å². The van der Waals surface area contributed by atoms with E-state index in [1.54, 1.807) is 13.8 Å². The van der Waals surface area contributed by atoms with Crippen LogP contribution in [0.1, 0.15) is 26.7 Å². The molecule has 2 nitrogen and oxygen atoms in total. The molecule has 11 heavy (non-hydrogen) atoms. The lowest BCUT2D eigenvalue weighted by molar-refractivity contribution is -0.116. The van der Waals surface area contributed by atoms with Crippen molar-refractivity contribution < 1.29 is 9.59 Å². The number of carbonyl (C=O) groups excluding carboxylic acids is 2. The second-order valence-electron chi connectivity index (χ2n) is 2.86. The Morgan fingerprint density at radius 2 is 2.18 bits per heavy atom. The first-order valence-corrected chi connectivity index (χ1v) is 3.72. The molecule has 0 bridgehead atoms. The first kappa shape index (κ1) is 10.1. The Morgan fingerprint density at radius 1 is 1.64 bits per heavy atom. The molecule has 0 rings (SSSR count). The van der Waals surface area contributed by atoms with Crippen LogP contribution in [0.4, 0.5) is 0 Å². The zero-order valence-corrected chi connectivity index (χ0v) is 7.09. The van der Waals surface area contributed by atoms with E-state index in [2.05, 4.69) is 6.58 Å². The molecular formula is C9H14O2. The number of allylic oxidation sites excluding steroid dienone is 1. The molecule has 0 amide bonds. The van der Waals surface area contributed by atoms with Gasteiger partial charge >= 0.3 is 0 Å². The maximum absolute atomic E-state index is 10.9. The minimum atomic E-state index is -0.0155. The van der Waals surface area contributed by atoms with Gasteiger partial charge in [0.25, 0.3) is 0 Å². The van der Waals surface area contributed by atoms with Gasteiger partial charge in [-0.1, -0.05) is 13.5 Å². The van der Waals surface area contributed by atoms with E-state index in [0.717, 1.165) is 6.29 Å². The third-order valence-electron chi connectivity index (χ3n) is 1.54. The summed E-state index contributed by atoms with van der Waals surface area (Å²) < 4.78 is 0. The van der Waals surface area contributed by atoms with Crippen LogP contribution in [-0.4, -0.2) is 12.1 Å². The molecular weight excluding hydrogens is 140 g/mol. The van der Waals surface area contributed by atoms with E-state index in [1.165, 1.54) is 0 Å². The molecule has 0 aliphatic rings. The number of hydrogen-bond acceptors (Lipinski definition) is 2. The van der Waals surface area contributed by atoms with Crippen molar-refractivity contribution in [3.05, 3.63) is 12.2 Å². The van der Waals surface area contributed by atoms with E-state index in [9.17, 15) is 9.59 Å². The van der Waals surface area contributed by atoms with Crippen LogP contribution in [0.2, 0.25) is 0 Å². The summed E-state index contributed by atoms with van der Waals surface area (Å²) in [7, 11) is 0. The predicted molar refractivity (Wildman–Crippen MR) is 44.3 cm³/mol. The van der Waals surface area contributed by atoms with Gasteiger partial charge in [-0.25, -0.2) is 0 Å². The molecule has 0 saturated carbocycles. The van der Waals surface area contributed by atoms with Gasteiger partial charge < -0.3 is 4.79 Å². The number of carbonyl (C=O) groups is 2. The summed E-state index contributed by atoms with van der Waals surface area (Å²) in [5.41, 5.74) is 0.572. The van der Waals surface area contributed by atoms with Gasteiger partial charge in [-0.05, 0) is 18.9 Å². The van der Waals surface area contributed by atoms with Crippen molar-refractivity contribution in [3.8, 4) is 0 Å². The number of Topliss-reactive ketones (excluding diaryl/α,β-unsaturated/α-hetero) is 1. The van der Waals surface area contributed by atoms with Gasteiger partial charge in [-0.2, -0.15) is 0 Å². The van der Waals surface area contributed by atoms with Gasteiger partial charge in [-0.15, -0.1) is 0 Å². The standard InChI is InChI=1S/C9H14O2/c1-7(2)9(11)5-4-8(3)6-10/h6,8H,1,4-5H2,2-3H3. The van der Waals surface area contributed by atoms with Gasteiger partial charge in [0.15, 0.2) is 5.78 Å². The molecule has 0 aromatic rings. The van der Waals surface area contributed by atoms with E-state index >= 15 is 0 Å². The molecule has 0 spiro atoms. The monoisotopic (exact) mass is 154 g/mol. The van der Waals surface area contributed by atoms with Gasteiger partial charge in [-0.3, -0.25) is 4.79 Å². The molecule has 0 aliphatic heterocycles. The van der Waals surface area contributed by atoms with Gasteiger partial charge in [0, 0.05) is 12.3 Å². The highest BCUT2D eigenvalue weighted by molar-refractivity contribution is 5.94. The molecule has 0 fully saturated rings. The first-order valence-electron chi connectivity index (χ1n) is 3.72. The zero-order chi connectivity index (χ0) is 8.85. The van der Waals surface area contributed by atoms with Crippen molar-refractivity contribution in [3.63, 3.8) is 0 Å². The van der Waals surface area contributed by atoms with E-state index in [-0.39, 0.29) is 11.7 Å². The van der Waals surface area contributed by atoms with Crippen molar-refractivity contribution in [2.24, 2.45) is 5.92 Å². The topological polar surface area (TPSA) is 34.1 Å². The van der Waals surface area contributed by atoms with Crippen LogP contribution in [-0.2, 0) is 9.59 Å². The maximum Gasteiger partial charge on any atom is 0.158 e. The minimum absolute atomic E-state index is 0.0155. The Kier molecular flexibility index (Phi) is 4.42. The van der Waals surface area contributed by atoms with Crippen molar-refractivity contribution in [1.82, 2.24) is 0 Å². The van der Waals surface area contributed by atoms with Crippen LogP contribution in [0.25, 0.3) is 0 Å². The third-order valence-corrected chi connectivity index (χ3v) is 1.54. The van der Waals surface area contributed by atoms with Crippen LogP contribution < -0.4 is 0 Å². The summed E-state index contributed by atoms with van der Waals surface area (Å²) in [4.78, 5) is 21.1. The Morgan fingerprint density at radius 3 is 2.55 bits per heavy atom. The van der Waals surface area contributed by atoms with Crippen molar-refractivity contribution in [2.45, 2.75) is 26.7 Å². The van der Waals surface area contributed by atoms with Crippen LogP contribution in [0.15, 0.2) is 12.2 Å². The molecule has 1 unspecified atom stereocenters. The highest BCUT2D eigenvalue weighted by atomic mass is 16.1. The van der Waals surface area contributed by atoms with Crippen LogP contribution in [0.5, 0.6) is 0 Å². The number of aldehydes is 1. The number of ketones is 1. The molecule has 0 radical (unpaired) electrons. The fourth-order valence-electron chi connectivity index (χ4n) is 0.640. The molecule has 2 heteroatoms. The van der Waals surface area contributed by atoms with E-state index < -0.39 is 0 Å². The summed E-state index contributed by atoms with van der Waals surface area (Å²) in [5.74, 6) is 0.0389. The number of rotatable bonds is 5. The van der Waals surface area contributed by atoms with Crippen LogP contribution >= 0.6 is 0 Å². The Bertz CT molecular complexity index is 170. The normalized spacial score (nSPS) is 12.2. The Labute approximate surface area is 67.3 Å². The molecule has 0 heterocycles. The predicted octanol–water partition coefficient (Wildman–Crippen LogP) is 1.75. The number of hydrogen-bond donors (Lipinski definition) is 0. The van der Waals surface area contributed by atoms with Crippen LogP contribution in [0, 0.1) is 5.92 Å². The second kappa shape index (κ2) is 4.83. The van der Waals surface area contributed by atoms with Crippen molar-refractivity contribution in [2.75, 3.05) is 0 Å². The molecule has 0 N–H and O–H groups in total. The molecule has 0 aromatic carbocycles. The fourth-order valence-corrected chi connectivity index (χ4v) is 0.640. The van der Waals surface area contributed by atoms with E-state index in [0.29, 0.717) is 18.4 Å². The largest absolute Gasteiger partial charge is 0.303 e. The summed E-state index contributed by atoms with van der Waals surface area (Å²) >= 11 is 0. The zero-order valence-electron chi connectivity index (χ0n) is 7.09. The summed E-state index contributed by atoms with van der Waals surface area (Å²) in [5, 5.41) is 0. The second-order valence-corrected chi connectivity index (χ2v) is 2.86. The lowest BCUT2D eigenvalue weighted by atomic mass is 10.0. The molecule has 62 valence electrons. The Balaban J connectivity index is 3.62. The summed E-state index contributed by atoms with van der Waals surface area (Å²) in [6.45, 7) is 7.01. The third kappa shape index (κ3) is 4.48. The quantitative estimate of drug-likeness (QED) is 0.446. The summed E-state index contributed by atoms with van der Waals surface area (Å²) in [6.07, 6.45) is 1.94. The van der Waals surface area contributed by atoms with Gasteiger partial charge in [0.05, 0.1) is 0 Å². The maximum atomic E-state index is 10.9. The van der Waals surface area contributed by atoms with Gasteiger partial charge in [0.1, 0.15) is 6.29 Å². The average molecular weight is 154 g/mol. The molecule has 0 aromatic heterocycles. The van der Waals surface area contributed by atoms with E-state index in [1.807, 2.05) is 0 Å². The fraction of sp³-hybridized carbons (Fsp3) is 0.556. The lowest BCUT2D eigenvalue weighted by Gasteiger charge is -2.01. The van der Waals surface area contributed by atoms with Crippen molar-refractivity contribution >= 4 is 12.1 Å². The lowest BCUT2D eigenvalue weighted by Crippen LogP contribution is -2.03. The highest BCUT2D eigenvalue weighted by Crippen LogP contribution is 2.05. The first-order chi connectivity index (χ1) is 5.07. The molecule has 0 saturated heterocycles. The van der Waals surface area contributed by atoms with Crippen molar-refractivity contribution in [1.29, 1.82) is 0 Å². The Hall–Kier alpha value is -0.920. The highest BCUT2D eigenvalue weighted by Gasteiger charge is 2.05.